The second-order valence-electron chi connectivity index (χ2n) is 7.24. The number of aromatic nitrogens is 4. The Morgan fingerprint density at radius 2 is 2.00 bits per heavy atom. The third-order valence-corrected chi connectivity index (χ3v) is 5.33. The van der Waals surface area contributed by atoms with E-state index in [-0.39, 0.29) is 24.1 Å². The van der Waals surface area contributed by atoms with E-state index in [4.69, 9.17) is 0 Å². The number of benzene rings is 1. The predicted octanol–water partition coefficient (Wildman–Crippen LogP) is 2.28. The number of nitrogens with zero attached hydrogens (tertiary/aromatic N) is 4. The molecular weight excluding hydrogens is 342 g/mol. The van der Waals surface area contributed by atoms with Crippen molar-refractivity contribution in [3.63, 3.8) is 0 Å². The Balaban J connectivity index is 1.56. The zero-order valence-electron chi connectivity index (χ0n) is 15.3. The van der Waals surface area contributed by atoms with E-state index in [2.05, 4.69) is 22.3 Å². The van der Waals surface area contributed by atoms with Gasteiger partial charge in [-0.25, -0.2) is 9.67 Å². The third-order valence-electron chi connectivity index (χ3n) is 5.33. The zero-order valence-corrected chi connectivity index (χ0v) is 15.3. The lowest BCUT2D eigenvalue weighted by molar-refractivity contribution is -0.123. The molecular formula is C20H23N5O2. The van der Waals surface area contributed by atoms with Crippen LogP contribution in [0.15, 0.2) is 47.7 Å². The molecule has 7 heteroatoms. The van der Waals surface area contributed by atoms with Gasteiger partial charge in [0, 0.05) is 6.04 Å². The van der Waals surface area contributed by atoms with Gasteiger partial charge in [0.05, 0.1) is 11.9 Å². The van der Waals surface area contributed by atoms with Crippen LogP contribution >= 0.6 is 0 Å². The molecule has 1 aliphatic carbocycles. The molecule has 7 nitrogen and oxygen atoms in total. The van der Waals surface area contributed by atoms with E-state index >= 15 is 0 Å². The highest BCUT2D eigenvalue weighted by Crippen LogP contribution is 2.23. The zero-order chi connectivity index (χ0) is 18.8. The molecule has 140 valence electrons. The van der Waals surface area contributed by atoms with Gasteiger partial charge in [-0.2, -0.15) is 5.10 Å². The quantitative estimate of drug-likeness (QED) is 0.769. The molecule has 0 spiro atoms. The molecule has 0 unspecified atom stereocenters. The molecule has 4 rings (SSSR count). The van der Waals surface area contributed by atoms with Gasteiger partial charge in [0.1, 0.15) is 18.3 Å². The van der Waals surface area contributed by atoms with Crippen LogP contribution in [0.2, 0.25) is 0 Å². The summed E-state index contributed by atoms with van der Waals surface area (Å²) in [7, 11) is 0. The van der Waals surface area contributed by atoms with Crippen molar-refractivity contribution >= 4 is 16.9 Å². The summed E-state index contributed by atoms with van der Waals surface area (Å²) in [6.07, 6.45) is 7.44. The van der Waals surface area contributed by atoms with Gasteiger partial charge in [-0.15, -0.1) is 0 Å². The van der Waals surface area contributed by atoms with Crippen molar-refractivity contribution in [2.45, 2.75) is 45.2 Å². The van der Waals surface area contributed by atoms with Crippen molar-refractivity contribution in [2.24, 2.45) is 5.92 Å². The van der Waals surface area contributed by atoms with Gasteiger partial charge in [0.2, 0.25) is 5.91 Å². The Bertz CT molecular complexity index is 1010. The molecule has 1 aliphatic rings. The van der Waals surface area contributed by atoms with Crippen LogP contribution in [0.1, 0.15) is 32.6 Å². The van der Waals surface area contributed by atoms with E-state index in [1.54, 1.807) is 4.68 Å². The number of para-hydroxylation sites is 1. The number of hydrogen-bond acceptors (Lipinski definition) is 4. The summed E-state index contributed by atoms with van der Waals surface area (Å²) in [5, 5.41) is 7.77. The number of amides is 1. The van der Waals surface area contributed by atoms with Gasteiger partial charge >= 0.3 is 0 Å². The Hall–Kier alpha value is -2.96. The van der Waals surface area contributed by atoms with Crippen molar-refractivity contribution in [1.82, 2.24) is 24.6 Å². The highest BCUT2D eigenvalue weighted by atomic mass is 16.2. The molecule has 0 radical (unpaired) electrons. The molecule has 1 N–H and O–H groups in total. The normalized spacial score (nSPS) is 19.9. The SMILES string of the molecule is C[C@@H]1CCCC[C@@H]1NC(=O)Cn1cnc2c(cnn2-c2ccccc2)c1=O. The number of fused-ring (bicyclic) bond motifs is 1. The Morgan fingerprint density at radius 3 is 2.78 bits per heavy atom. The molecule has 1 fully saturated rings. The summed E-state index contributed by atoms with van der Waals surface area (Å²) in [4.78, 5) is 29.6. The van der Waals surface area contributed by atoms with Gasteiger partial charge in [0.15, 0.2) is 5.65 Å². The summed E-state index contributed by atoms with van der Waals surface area (Å²) >= 11 is 0. The number of carbonyl (C=O) groups excluding carboxylic acids is 1. The van der Waals surface area contributed by atoms with Crippen LogP contribution in [0.4, 0.5) is 0 Å². The van der Waals surface area contributed by atoms with Gasteiger partial charge < -0.3 is 5.32 Å². The molecule has 2 aromatic heterocycles. The first-order valence-corrected chi connectivity index (χ1v) is 9.41. The molecule has 0 aliphatic heterocycles. The van der Waals surface area contributed by atoms with Crippen molar-refractivity contribution in [3.05, 3.63) is 53.2 Å². The maximum atomic E-state index is 12.8. The minimum absolute atomic E-state index is 0.0263. The van der Waals surface area contributed by atoms with Crippen LogP contribution in [-0.4, -0.2) is 31.3 Å². The van der Waals surface area contributed by atoms with Crippen molar-refractivity contribution in [2.75, 3.05) is 0 Å². The highest BCUT2D eigenvalue weighted by Gasteiger charge is 2.23. The second kappa shape index (κ2) is 7.34. The van der Waals surface area contributed by atoms with E-state index < -0.39 is 0 Å². The number of rotatable bonds is 4. The Kier molecular flexibility index (Phi) is 4.75. The van der Waals surface area contributed by atoms with Crippen LogP contribution in [0.25, 0.3) is 16.7 Å². The van der Waals surface area contributed by atoms with Crippen LogP contribution in [0.3, 0.4) is 0 Å². The summed E-state index contributed by atoms with van der Waals surface area (Å²) in [5.41, 5.74) is 1.07. The molecule has 2 atom stereocenters. The molecule has 1 amide bonds. The summed E-state index contributed by atoms with van der Waals surface area (Å²) in [6.45, 7) is 2.14. The number of nitrogens with one attached hydrogen (secondary N) is 1. The van der Waals surface area contributed by atoms with Crippen LogP contribution in [0, 0.1) is 5.92 Å². The van der Waals surface area contributed by atoms with E-state index in [1.807, 2.05) is 30.3 Å². The van der Waals surface area contributed by atoms with Crippen molar-refractivity contribution < 1.29 is 4.79 Å². The molecule has 3 aromatic rings. The third kappa shape index (κ3) is 3.49. The molecule has 1 aromatic carbocycles. The first-order chi connectivity index (χ1) is 13.1. The smallest absolute Gasteiger partial charge is 0.264 e. The number of carbonyl (C=O) groups is 1. The second-order valence-corrected chi connectivity index (χ2v) is 7.24. The van der Waals surface area contributed by atoms with Crippen molar-refractivity contribution in [3.8, 4) is 5.69 Å². The minimum atomic E-state index is -0.256. The Morgan fingerprint density at radius 1 is 1.22 bits per heavy atom. The van der Waals surface area contributed by atoms with Gasteiger partial charge in [-0.1, -0.05) is 38.0 Å². The van der Waals surface area contributed by atoms with E-state index in [9.17, 15) is 9.59 Å². The number of hydrogen-bond donors (Lipinski definition) is 1. The topological polar surface area (TPSA) is 81.8 Å². The van der Waals surface area contributed by atoms with Crippen LogP contribution in [-0.2, 0) is 11.3 Å². The first-order valence-electron chi connectivity index (χ1n) is 9.41. The molecule has 2 heterocycles. The van der Waals surface area contributed by atoms with E-state index in [0.717, 1.165) is 24.9 Å². The van der Waals surface area contributed by atoms with E-state index in [1.165, 1.54) is 23.5 Å². The Labute approximate surface area is 157 Å². The molecule has 1 saturated carbocycles. The predicted molar refractivity (Wildman–Crippen MR) is 103 cm³/mol. The van der Waals surface area contributed by atoms with Crippen LogP contribution < -0.4 is 10.9 Å². The lowest BCUT2D eigenvalue weighted by Crippen LogP contribution is -2.43. The fourth-order valence-corrected chi connectivity index (χ4v) is 3.76. The molecule has 0 bridgehead atoms. The summed E-state index contributed by atoms with van der Waals surface area (Å²) in [5.74, 6) is 0.330. The fraction of sp³-hybridized carbons (Fsp3) is 0.400. The first kappa shape index (κ1) is 17.5. The summed E-state index contributed by atoms with van der Waals surface area (Å²) in [6, 6.07) is 9.72. The minimum Gasteiger partial charge on any atom is -0.352 e. The van der Waals surface area contributed by atoms with E-state index in [0.29, 0.717) is 17.0 Å². The van der Waals surface area contributed by atoms with Gasteiger partial charge in [0.25, 0.3) is 5.56 Å². The largest absolute Gasteiger partial charge is 0.352 e. The average molecular weight is 365 g/mol. The van der Waals surface area contributed by atoms with Crippen molar-refractivity contribution in [1.29, 1.82) is 0 Å². The lowest BCUT2D eigenvalue weighted by atomic mass is 9.86. The maximum absolute atomic E-state index is 12.8. The highest BCUT2D eigenvalue weighted by molar-refractivity contribution is 5.78. The molecule has 0 saturated heterocycles. The fourth-order valence-electron chi connectivity index (χ4n) is 3.76. The van der Waals surface area contributed by atoms with Gasteiger partial charge in [-0.3, -0.25) is 14.2 Å². The maximum Gasteiger partial charge on any atom is 0.264 e. The summed E-state index contributed by atoms with van der Waals surface area (Å²) < 4.78 is 2.98. The lowest BCUT2D eigenvalue weighted by Gasteiger charge is -2.29. The monoisotopic (exact) mass is 365 g/mol. The average Bonchev–Trinajstić information content (AvgIpc) is 3.11. The van der Waals surface area contributed by atoms with Crippen LogP contribution in [0.5, 0.6) is 0 Å². The van der Waals surface area contributed by atoms with Gasteiger partial charge in [-0.05, 0) is 30.9 Å². The standard InChI is InChI=1S/C20H23N5O2/c1-14-7-5-6-10-17(14)23-18(26)12-24-13-21-19-16(20(24)27)11-22-25(19)15-8-3-2-4-9-15/h2-4,8-9,11,13-14,17H,5-7,10,12H2,1H3,(H,23,26)/t14-,17+/m1/s1. The molecule has 27 heavy (non-hydrogen) atoms.